The number of aliphatic hydroxyl groups is 1. The topological polar surface area (TPSA) is 66.4 Å². The lowest BCUT2D eigenvalue weighted by atomic mass is 10.1. The maximum Gasteiger partial charge on any atom is 0.175 e. The molecule has 2 aromatic rings. The van der Waals surface area contributed by atoms with Gasteiger partial charge in [-0.2, -0.15) is 0 Å². The molecule has 0 aliphatic carbocycles. The van der Waals surface area contributed by atoms with Crippen LogP contribution in [0.4, 0.5) is 5.69 Å². The van der Waals surface area contributed by atoms with Crippen LogP contribution in [-0.4, -0.2) is 32.9 Å². The Balaban J connectivity index is 1.83. The Kier molecular flexibility index (Phi) is 7.88. The summed E-state index contributed by atoms with van der Waals surface area (Å²) < 4.78 is 22.9. The lowest BCUT2D eigenvalue weighted by Gasteiger charge is -2.06. The first kappa shape index (κ1) is 20.2. The number of benzene rings is 2. The molecule has 5 heteroatoms. The zero-order valence-electron chi connectivity index (χ0n) is 15.2. The fourth-order valence-electron chi connectivity index (χ4n) is 2.55. The second-order valence-corrected chi connectivity index (χ2v) is 8.38. The highest BCUT2D eigenvalue weighted by atomic mass is 32.2. The number of hydrogen-bond donors (Lipinski definition) is 2. The lowest BCUT2D eigenvalue weighted by molar-refractivity contribution is 0.283. The van der Waals surface area contributed by atoms with Crippen LogP contribution in [0.3, 0.4) is 0 Å². The maximum absolute atomic E-state index is 11.5. The van der Waals surface area contributed by atoms with Gasteiger partial charge in [-0.25, -0.2) is 8.42 Å². The molecule has 0 saturated carbocycles. The fraction of sp³-hybridized carbons (Fsp3) is 0.333. The van der Waals surface area contributed by atoms with Crippen LogP contribution in [0.2, 0.25) is 0 Å². The molecule has 4 nitrogen and oxygen atoms in total. The summed E-state index contributed by atoms with van der Waals surface area (Å²) in [6, 6.07) is 15.1. The normalized spacial score (nSPS) is 11.8. The number of sulfone groups is 1. The molecule has 0 aliphatic rings. The van der Waals surface area contributed by atoms with Gasteiger partial charge >= 0.3 is 0 Å². The van der Waals surface area contributed by atoms with E-state index in [4.69, 9.17) is 5.11 Å². The van der Waals surface area contributed by atoms with Gasteiger partial charge in [0, 0.05) is 25.1 Å². The minimum absolute atomic E-state index is 0.282. The van der Waals surface area contributed by atoms with Gasteiger partial charge < -0.3 is 10.4 Å². The second-order valence-electron chi connectivity index (χ2n) is 6.36. The number of hydrogen-bond acceptors (Lipinski definition) is 4. The summed E-state index contributed by atoms with van der Waals surface area (Å²) >= 11 is 0. The molecule has 0 spiro atoms. The van der Waals surface area contributed by atoms with Gasteiger partial charge in [-0.1, -0.05) is 49.3 Å². The van der Waals surface area contributed by atoms with Crippen LogP contribution in [0.5, 0.6) is 0 Å². The van der Waals surface area contributed by atoms with E-state index in [-0.39, 0.29) is 6.61 Å². The van der Waals surface area contributed by atoms with Crippen molar-refractivity contribution in [1.29, 1.82) is 0 Å². The van der Waals surface area contributed by atoms with E-state index in [0.717, 1.165) is 49.0 Å². The smallest absolute Gasteiger partial charge is 0.175 e. The predicted molar refractivity (Wildman–Crippen MR) is 109 cm³/mol. The molecule has 0 amide bonds. The van der Waals surface area contributed by atoms with E-state index in [1.165, 1.54) is 6.26 Å². The van der Waals surface area contributed by atoms with Gasteiger partial charge in [0.25, 0.3) is 0 Å². The van der Waals surface area contributed by atoms with Crippen LogP contribution in [0.1, 0.15) is 36.8 Å². The Hall–Kier alpha value is -2.11. The van der Waals surface area contributed by atoms with Crippen molar-refractivity contribution in [1.82, 2.24) is 0 Å². The number of nitrogens with one attached hydrogen (secondary N) is 1. The third kappa shape index (κ3) is 7.02. The molecule has 2 N–H and O–H groups in total. The van der Waals surface area contributed by atoms with Crippen molar-refractivity contribution in [3.05, 3.63) is 59.7 Å². The summed E-state index contributed by atoms with van der Waals surface area (Å²) in [4.78, 5) is 0.335. The molecule has 0 fully saturated rings. The van der Waals surface area contributed by atoms with Crippen molar-refractivity contribution in [2.45, 2.75) is 30.6 Å². The van der Waals surface area contributed by atoms with Crippen molar-refractivity contribution in [3.63, 3.8) is 0 Å². The van der Waals surface area contributed by atoms with Crippen LogP contribution in [-0.2, 0) is 9.84 Å². The molecule has 0 atom stereocenters. The van der Waals surface area contributed by atoms with E-state index in [2.05, 4.69) is 29.6 Å². The highest BCUT2D eigenvalue weighted by Crippen LogP contribution is 2.15. The quantitative estimate of drug-likeness (QED) is 0.483. The van der Waals surface area contributed by atoms with E-state index >= 15 is 0 Å². The molecule has 0 radical (unpaired) electrons. The van der Waals surface area contributed by atoms with Crippen LogP contribution in [0, 0.1) is 0 Å². The van der Waals surface area contributed by atoms with Crippen molar-refractivity contribution in [2.75, 3.05) is 24.7 Å². The minimum Gasteiger partial charge on any atom is -0.396 e. The lowest BCUT2D eigenvalue weighted by Crippen LogP contribution is -2.01. The molecule has 2 aromatic carbocycles. The summed E-state index contributed by atoms with van der Waals surface area (Å²) in [6.07, 6.45) is 9.38. The zero-order valence-corrected chi connectivity index (χ0v) is 16.0. The van der Waals surface area contributed by atoms with Crippen molar-refractivity contribution in [2.24, 2.45) is 0 Å². The first-order valence-corrected chi connectivity index (χ1v) is 10.8. The van der Waals surface area contributed by atoms with Gasteiger partial charge in [0.2, 0.25) is 0 Å². The number of aliphatic hydroxyl groups excluding tert-OH is 1. The van der Waals surface area contributed by atoms with Gasteiger partial charge in [-0.05, 0) is 48.2 Å². The third-order valence-corrected chi connectivity index (χ3v) is 5.23. The summed E-state index contributed by atoms with van der Waals surface area (Å²) in [5.41, 5.74) is 3.15. The molecule has 0 bridgehead atoms. The average molecular weight is 374 g/mol. The molecule has 0 heterocycles. The van der Waals surface area contributed by atoms with Crippen LogP contribution in [0.15, 0.2) is 53.4 Å². The molecule has 26 heavy (non-hydrogen) atoms. The van der Waals surface area contributed by atoms with Gasteiger partial charge in [0.05, 0.1) is 4.90 Å². The molecule has 0 aliphatic heterocycles. The Labute approximate surface area is 156 Å². The summed E-state index contributed by atoms with van der Waals surface area (Å²) in [5, 5.41) is 12.1. The van der Waals surface area contributed by atoms with Gasteiger partial charge in [-0.3, -0.25) is 0 Å². The molecule has 2 rings (SSSR count). The first-order valence-electron chi connectivity index (χ1n) is 8.92. The van der Waals surface area contributed by atoms with Gasteiger partial charge in [0.1, 0.15) is 0 Å². The molecule has 0 unspecified atom stereocenters. The van der Waals surface area contributed by atoms with Crippen LogP contribution >= 0.6 is 0 Å². The van der Waals surface area contributed by atoms with Crippen LogP contribution < -0.4 is 5.32 Å². The summed E-state index contributed by atoms with van der Waals surface area (Å²) in [5.74, 6) is 0. The molecule has 0 aromatic heterocycles. The van der Waals surface area contributed by atoms with Crippen molar-refractivity contribution < 1.29 is 13.5 Å². The first-order chi connectivity index (χ1) is 12.5. The van der Waals surface area contributed by atoms with E-state index in [1.54, 1.807) is 24.3 Å². The third-order valence-electron chi connectivity index (χ3n) is 4.10. The Morgan fingerprint density at radius 1 is 0.846 bits per heavy atom. The summed E-state index contributed by atoms with van der Waals surface area (Å²) in [6.45, 7) is 1.22. The zero-order chi connectivity index (χ0) is 18.8. The van der Waals surface area contributed by atoms with Crippen LogP contribution in [0.25, 0.3) is 12.2 Å². The predicted octanol–water partition coefficient (Wildman–Crippen LogP) is 4.23. The largest absolute Gasteiger partial charge is 0.396 e. The molecular weight excluding hydrogens is 346 g/mol. The van der Waals surface area contributed by atoms with E-state index in [0.29, 0.717) is 4.90 Å². The van der Waals surface area contributed by atoms with E-state index in [1.807, 2.05) is 12.2 Å². The van der Waals surface area contributed by atoms with Crippen molar-refractivity contribution >= 4 is 27.7 Å². The Morgan fingerprint density at radius 3 is 1.92 bits per heavy atom. The Morgan fingerprint density at radius 2 is 1.38 bits per heavy atom. The highest BCUT2D eigenvalue weighted by Gasteiger charge is 2.05. The highest BCUT2D eigenvalue weighted by molar-refractivity contribution is 7.90. The monoisotopic (exact) mass is 373 g/mol. The van der Waals surface area contributed by atoms with Gasteiger partial charge in [0.15, 0.2) is 9.84 Å². The second kappa shape index (κ2) is 10.1. The average Bonchev–Trinajstić information content (AvgIpc) is 2.63. The maximum atomic E-state index is 11.5. The van der Waals surface area contributed by atoms with Crippen molar-refractivity contribution in [3.8, 4) is 0 Å². The number of unbranched alkanes of at least 4 members (excludes halogenated alkanes) is 3. The number of rotatable bonds is 10. The SMILES string of the molecule is CS(=O)(=O)c1ccc(/C=C/c2ccc(NCCCCCCO)cc2)cc1. The Bertz CT molecular complexity index is 794. The fourth-order valence-corrected chi connectivity index (χ4v) is 3.18. The molecule has 140 valence electrons. The molecule has 0 saturated heterocycles. The van der Waals surface area contributed by atoms with E-state index < -0.39 is 9.84 Å². The van der Waals surface area contributed by atoms with Gasteiger partial charge in [-0.15, -0.1) is 0 Å². The standard InChI is InChI=1S/C21H27NO3S/c1-26(24,25)21-14-10-19(11-15-21)7-6-18-8-12-20(13-9-18)22-16-4-2-3-5-17-23/h6-15,22-23H,2-5,16-17H2,1H3/b7-6+. The van der Waals surface area contributed by atoms with E-state index in [9.17, 15) is 8.42 Å². The molecular formula is C21H27NO3S. The minimum atomic E-state index is -3.15. The summed E-state index contributed by atoms with van der Waals surface area (Å²) in [7, 11) is -3.15. The number of anilines is 1.